The molecule has 1 aliphatic carbocycles. The van der Waals surface area contributed by atoms with E-state index in [1.54, 1.807) is 10.9 Å². The maximum Gasteiger partial charge on any atom is 0.253 e. The monoisotopic (exact) mass is 429 g/mol. The molecule has 7 heteroatoms. The Kier molecular flexibility index (Phi) is 5.25. The Balaban J connectivity index is 1.13. The van der Waals surface area contributed by atoms with Crippen LogP contribution in [0.2, 0.25) is 0 Å². The van der Waals surface area contributed by atoms with E-state index >= 15 is 0 Å². The third-order valence-electron chi connectivity index (χ3n) is 6.83. The summed E-state index contributed by atoms with van der Waals surface area (Å²) < 4.78 is 1.77. The van der Waals surface area contributed by atoms with E-state index in [0.717, 1.165) is 36.3 Å². The molecule has 1 N–H and O–H groups in total. The summed E-state index contributed by atoms with van der Waals surface area (Å²) >= 11 is 0. The van der Waals surface area contributed by atoms with Gasteiger partial charge < -0.3 is 10.2 Å². The van der Waals surface area contributed by atoms with Gasteiger partial charge in [-0.2, -0.15) is 5.10 Å². The zero-order valence-electron chi connectivity index (χ0n) is 18.2. The van der Waals surface area contributed by atoms with Crippen molar-refractivity contribution in [1.29, 1.82) is 0 Å². The van der Waals surface area contributed by atoms with Gasteiger partial charge >= 0.3 is 0 Å². The van der Waals surface area contributed by atoms with Crippen LogP contribution in [0.25, 0.3) is 5.69 Å². The Morgan fingerprint density at radius 2 is 1.88 bits per heavy atom. The van der Waals surface area contributed by atoms with Crippen LogP contribution < -0.4 is 5.32 Å². The molecular weight excluding hydrogens is 402 g/mol. The Morgan fingerprint density at radius 1 is 1.09 bits per heavy atom. The molecule has 2 fully saturated rings. The maximum absolute atomic E-state index is 12.9. The molecule has 1 saturated heterocycles. The van der Waals surface area contributed by atoms with Gasteiger partial charge in [-0.25, -0.2) is 4.68 Å². The van der Waals surface area contributed by atoms with Crippen LogP contribution in [-0.2, 0) is 11.3 Å². The number of amides is 2. The Bertz CT molecular complexity index is 1120. The van der Waals surface area contributed by atoms with Crippen molar-refractivity contribution in [3.63, 3.8) is 0 Å². The van der Waals surface area contributed by atoms with E-state index in [1.165, 1.54) is 0 Å². The van der Waals surface area contributed by atoms with Crippen LogP contribution in [0.3, 0.4) is 0 Å². The highest BCUT2D eigenvalue weighted by Gasteiger charge is 2.58. The van der Waals surface area contributed by atoms with Gasteiger partial charge in [0.1, 0.15) is 0 Å². The molecule has 1 saturated carbocycles. The summed E-state index contributed by atoms with van der Waals surface area (Å²) in [4.78, 5) is 32.0. The molecule has 3 heterocycles. The molecule has 2 aromatic heterocycles. The molecule has 0 radical (unpaired) electrons. The highest BCUT2D eigenvalue weighted by molar-refractivity contribution is 5.94. The van der Waals surface area contributed by atoms with Crippen molar-refractivity contribution in [2.24, 2.45) is 11.3 Å². The van der Waals surface area contributed by atoms with E-state index in [0.29, 0.717) is 25.2 Å². The lowest BCUT2D eigenvalue weighted by atomic mass is 9.90. The lowest BCUT2D eigenvalue weighted by Gasteiger charge is -2.33. The fourth-order valence-electron chi connectivity index (χ4n) is 4.79. The highest BCUT2D eigenvalue weighted by Crippen LogP contribution is 2.59. The van der Waals surface area contributed by atoms with Gasteiger partial charge in [0.15, 0.2) is 0 Å². The number of piperidine rings is 1. The van der Waals surface area contributed by atoms with Crippen molar-refractivity contribution in [1.82, 2.24) is 25.0 Å². The summed E-state index contributed by atoms with van der Waals surface area (Å²) in [5.41, 5.74) is 3.51. The van der Waals surface area contributed by atoms with Crippen LogP contribution in [0, 0.1) is 18.3 Å². The number of likely N-dealkylation sites (tertiary alicyclic amines) is 1. The number of carbonyl (C=O) groups excluding carboxylic acids is 2. The van der Waals surface area contributed by atoms with Crippen LogP contribution in [-0.4, -0.2) is 44.6 Å². The average Bonchev–Trinajstić information content (AvgIpc) is 3.24. The summed E-state index contributed by atoms with van der Waals surface area (Å²) in [7, 11) is 0. The zero-order chi connectivity index (χ0) is 22.1. The molecule has 164 valence electrons. The van der Waals surface area contributed by atoms with Crippen molar-refractivity contribution in [3.8, 4) is 5.69 Å². The molecule has 32 heavy (non-hydrogen) atoms. The minimum atomic E-state index is 0.0536. The van der Waals surface area contributed by atoms with E-state index in [9.17, 15) is 9.59 Å². The van der Waals surface area contributed by atoms with E-state index in [1.807, 2.05) is 66.6 Å². The molecule has 1 aromatic carbocycles. The van der Waals surface area contributed by atoms with Gasteiger partial charge in [-0.15, -0.1) is 0 Å². The van der Waals surface area contributed by atoms with E-state index in [2.05, 4.69) is 15.4 Å². The minimum Gasteiger partial charge on any atom is -0.350 e. The van der Waals surface area contributed by atoms with Crippen LogP contribution in [0.1, 0.15) is 41.0 Å². The summed E-state index contributed by atoms with van der Waals surface area (Å²) in [6.45, 7) is 3.81. The number of aryl methyl sites for hydroxylation is 1. The number of nitrogens with one attached hydrogen (secondary N) is 1. The van der Waals surface area contributed by atoms with Crippen molar-refractivity contribution in [3.05, 3.63) is 77.9 Å². The average molecular weight is 430 g/mol. The van der Waals surface area contributed by atoms with Crippen LogP contribution >= 0.6 is 0 Å². The molecule has 2 amide bonds. The molecule has 0 bridgehead atoms. The molecule has 2 aliphatic rings. The van der Waals surface area contributed by atoms with E-state index in [-0.39, 0.29) is 23.1 Å². The van der Waals surface area contributed by atoms with Crippen molar-refractivity contribution in [2.75, 3.05) is 13.1 Å². The van der Waals surface area contributed by atoms with E-state index in [4.69, 9.17) is 0 Å². The number of nitrogens with zero attached hydrogens (tertiary/aromatic N) is 4. The summed E-state index contributed by atoms with van der Waals surface area (Å²) in [6, 6.07) is 15.2. The standard InChI is InChI=1S/C25H27N5O2/c1-18-4-2-5-20(28-18)17-26-23(31)22-16-25(22)10-14-29(15-11-25)24(32)19-6-8-21(9-7-19)30-13-3-12-27-30/h2-9,12-13,22H,10-11,14-17H2,1H3,(H,26,31). The van der Waals surface area contributed by atoms with Crippen LogP contribution in [0.4, 0.5) is 0 Å². The smallest absolute Gasteiger partial charge is 0.253 e. The Labute approximate surface area is 187 Å². The van der Waals surface area contributed by atoms with Gasteiger partial charge in [0.2, 0.25) is 5.91 Å². The molecule has 1 aliphatic heterocycles. The Hall–Kier alpha value is -3.48. The summed E-state index contributed by atoms with van der Waals surface area (Å²) in [5.74, 6) is 0.222. The number of rotatable bonds is 5. The largest absolute Gasteiger partial charge is 0.350 e. The van der Waals surface area contributed by atoms with Gasteiger partial charge in [0.05, 0.1) is 17.9 Å². The number of aromatic nitrogens is 3. The molecule has 1 unspecified atom stereocenters. The van der Waals surface area contributed by atoms with Crippen molar-refractivity contribution < 1.29 is 9.59 Å². The number of benzene rings is 1. The third-order valence-corrected chi connectivity index (χ3v) is 6.83. The van der Waals surface area contributed by atoms with Gasteiger partial charge in [-0.1, -0.05) is 6.07 Å². The second kappa shape index (κ2) is 8.22. The first-order valence-electron chi connectivity index (χ1n) is 11.1. The summed E-state index contributed by atoms with van der Waals surface area (Å²) in [6.07, 6.45) is 6.28. The number of carbonyl (C=O) groups is 2. The first-order chi connectivity index (χ1) is 15.5. The number of pyridine rings is 1. The predicted octanol–water partition coefficient (Wildman–Crippen LogP) is 3.13. The molecular formula is C25H27N5O2. The van der Waals surface area contributed by atoms with Gasteiger partial charge in [-0.05, 0) is 74.1 Å². The molecule has 1 spiro atoms. The minimum absolute atomic E-state index is 0.0536. The lowest BCUT2D eigenvalue weighted by Crippen LogP contribution is -2.40. The molecule has 3 aromatic rings. The molecule has 5 rings (SSSR count). The quantitative estimate of drug-likeness (QED) is 0.676. The van der Waals surface area contributed by atoms with Crippen molar-refractivity contribution in [2.45, 2.75) is 32.7 Å². The van der Waals surface area contributed by atoms with Crippen LogP contribution in [0.15, 0.2) is 60.9 Å². The zero-order valence-corrected chi connectivity index (χ0v) is 18.2. The second-order valence-electron chi connectivity index (χ2n) is 8.90. The lowest BCUT2D eigenvalue weighted by molar-refractivity contribution is -0.123. The third kappa shape index (κ3) is 4.02. The summed E-state index contributed by atoms with van der Waals surface area (Å²) in [5, 5.41) is 7.26. The first-order valence-corrected chi connectivity index (χ1v) is 11.1. The molecule has 7 nitrogen and oxygen atoms in total. The van der Waals surface area contributed by atoms with Gasteiger partial charge in [0.25, 0.3) is 5.91 Å². The van der Waals surface area contributed by atoms with Crippen LogP contribution in [0.5, 0.6) is 0 Å². The topological polar surface area (TPSA) is 80.1 Å². The highest BCUT2D eigenvalue weighted by atomic mass is 16.2. The SMILES string of the molecule is Cc1cccc(CNC(=O)C2CC23CCN(C(=O)c2ccc(-n4cccn4)cc2)CC3)n1. The fourth-order valence-corrected chi connectivity index (χ4v) is 4.79. The normalized spacial score (nSPS) is 19.0. The van der Waals surface area contributed by atoms with Gasteiger partial charge in [-0.3, -0.25) is 14.6 Å². The first kappa shape index (κ1) is 20.4. The fraction of sp³-hybridized carbons (Fsp3) is 0.360. The van der Waals surface area contributed by atoms with Gasteiger partial charge in [0, 0.05) is 42.7 Å². The maximum atomic E-state index is 12.9. The Morgan fingerprint density at radius 3 is 2.56 bits per heavy atom. The second-order valence-corrected chi connectivity index (χ2v) is 8.90. The predicted molar refractivity (Wildman–Crippen MR) is 120 cm³/mol. The molecule has 1 atom stereocenters. The van der Waals surface area contributed by atoms with E-state index < -0.39 is 0 Å². The number of hydrogen-bond acceptors (Lipinski definition) is 4. The number of hydrogen-bond donors (Lipinski definition) is 1. The van der Waals surface area contributed by atoms with Crippen molar-refractivity contribution >= 4 is 11.8 Å².